The van der Waals surface area contributed by atoms with E-state index in [1.54, 1.807) is 12.1 Å². The molecule has 0 atom stereocenters. The molecule has 0 radical (unpaired) electrons. The van der Waals surface area contributed by atoms with Crippen molar-refractivity contribution in [1.29, 1.82) is 0 Å². The van der Waals surface area contributed by atoms with Crippen LogP contribution in [0.5, 0.6) is 0 Å². The van der Waals surface area contributed by atoms with Gasteiger partial charge >= 0.3 is 0 Å². The Balaban J connectivity index is 1.74. The molecule has 0 fully saturated rings. The van der Waals surface area contributed by atoms with Gasteiger partial charge in [0.15, 0.2) is 0 Å². The lowest BCUT2D eigenvalue weighted by Crippen LogP contribution is -2.13. The quantitative estimate of drug-likeness (QED) is 0.631. The van der Waals surface area contributed by atoms with Gasteiger partial charge in [0.05, 0.1) is 6.61 Å². The molecule has 0 amide bonds. The fraction of sp³-hybridized carbons (Fsp3) is 0.200. The Kier molecular flexibility index (Phi) is 5.01. The van der Waals surface area contributed by atoms with E-state index in [4.69, 9.17) is 4.84 Å². The van der Waals surface area contributed by atoms with Gasteiger partial charge in [0, 0.05) is 12.1 Å². The highest BCUT2D eigenvalue weighted by molar-refractivity contribution is 5.23. The van der Waals surface area contributed by atoms with E-state index in [2.05, 4.69) is 5.48 Å². The number of nitrogens with one attached hydrogen (secondary N) is 1. The first-order valence-corrected chi connectivity index (χ1v) is 6.01. The molecule has 1 N–H and O–H groups in total. The van der Waals surface area contributed by atoms with E-state index in [9.17, 15) is 8.78 Å². The molecule has 0 bridgehead atoms. The third kappa shape index (κ3) is 4.43. The van der Waals surface area contributed by atoms with Gasteiger partial charge in [0.25, 0.3) is 6.43 Å². The summed E-state index contributed by atoms with van der Waals surface area (Å²) in [4.78, 5) is 5.30. The molecule has 2 nitrogen and oxygen atoms in total. The predicted molar refractivity (Wildman–Crippen MR) is 69.5 cm³/mol. The van der Waals surface area contributed by atoms with Crippen molar-refractivity contribution in [2.24, 2.45) is 0 Å². The summed E-state index contributed by atoms with van der Waals surface area (Å²) in [6.07, 6.45) is -2.42. The highest BCUT2D eigenvalue weighted by atomic mass is 19.3. The SMILES string of the molecule is FC(F)c1ccc(CNOCc2ccccc2)cc1. The Labute approximate surface area is 111 Å². The maximum absolute atomic E-state index is 12.4. The van der Waals surface area contributed by atoms with E-state index in [1.807, 2.05) is 30.3 Å². The maximum atomic E-state index is 12.4. The van der Waals surface area contributed by atoms with E-state index in [-0.39, 0.29) is 5.56 Å². The molecule has 0 unspecified atom stereocenters. The van der Waals surface area contributed by atoms with Crippen LogP contribution in [-0.2, 0) is 18.0 Å². The lowest BCUT2D eigenvalue weighted by molar-refractivity contribution is 0.0235. The Morgan fingerprint density at radius 1 is 0.895 bits per heavy atom. The van der Waals surface area contributed by atoms with Crippen molar-refractivity contribution in [3.8, 4) is 0 Å². The largest absolute Gasteiger partial charge is 0.297 e. The Morgan fingerprint density at radius 3 is 2.21 bits per heavy atom. The van der Waals surface area contributed by atoms with Crippen molar-refractivity contribution in [3.63, 3.8) is 0 Å². The van der Waals surface area contributed by atoms with E-state index < -0.39 is 6.43 Å². The van der Waals surface area contributed by atoms with E-state index in [0.29, 0.717) is 13.2 Å². The van der Waals surface area contributed by atoms with Crippen molar-refractivity contribution in [1.82, 2.24) is 5.48 Å². The summed E-state index contributed by atoms with van der Waals surface area (Å²) in [5.41, 5.74) is 4.82. The van der Waals surface area contributed by atoms with Gasteiger partial charge in [-0.1, -0.05) is 54.6 Å². The van der Waals surface area contributed by atoms with Gasteiger partial charge < -0.3 is 0 Å². The summed E-state index contributed by atoms with van der Waals surface area (Å²) in [5.74, 6) is 0. The monoisotopic (exact) mass is 263 g/mol. The number of hydrogen-bond acceptors (Lipinski definition) is 2. The molecule has 0 aliphatic carbocycles. The minimum absolute atomic E-state index is 0.0361. The molecule has 2 rings (SSSR count). The van der Waals surface area contributed by atoms with Crippen molar-refractivity contribution in [2.75, 3.05) is 0 Å². The minimum Gasteiger partial charge on any atom is -0.297 e. The van der Waals surface area contributed by atoms with Gasteiger partial charge in [-0.25, -0.2) is 8.78 Å². The zero-order valence-corrected chi connectivity index (χ0v) is 10.4. The third-order valence-electron chi connectivity index (χ3n) is 2.69. The van der Waals surface area contributed by atoms with Gasteiger partial charge in [0.2, 0.25) is 0 Å². The summed E-state index contributed by atoms with van der Waals surface area (Å²) < 4.78 is 24.7. The molecule has 0 aliphatic heterocycles. The van der Waals surface area contributed by atoms with E-state index in [1.165, 1.54) is 12.1 Å². The van der Waals surface area contributed by atoms with Gasteiger partial charge in [-0.05, 0) is 11.1 Å². The number of halogens is 2. The summed E-state index contributed by atoms with van der Waals surface area (Å²) in [6.45, 7) is 0.951. The van der Waals surface area contributed by atoms with Crippen LogP contribution in [0.3, 0.4) is 0 Å². The first-order chi connectivity index (χ1) is 9.25. The van der Waals surface area contributed by atoms with Crippen LogP contribution in [0.15, 0.2) is 54.6 Å². The fourth-order valence-corrected chi connectivity index (χ4v) is 1.62. The van der Waals surface area contributed by atoms with Gasteiger partial charge in [-0.3, -0.25) is 4.84 Å². The second kappa shape index (κ2) is 6.97. The average molecular weight is 263 g/mol. The molecule has 19 heavy (non-hydrogen) atoms. The lowest BCUT2D eigenvalue weighted by atomic mass is 10.1. The molecule has 0 aromatic heterocycles. The Morgan fingerprint density at radius 2 is 1.58 bits per heavy atom. The molecular weight excluding hydrogens is 248 g/mol. The van der Waals surface area contributed by atoms with Crippen LogP contribution >= 0.6 is 0 Å². The van der Waals surface area contributed by atoms with Crippen molar-refractivity contribution in [3.05, 3.63) is 71.3 Å². The summed E-state index contributed by atoms with van der Waals surface area (Å²) in [6, 6.07) is 16.0. The molecule has 0 saturated carbocycles. The molecule has 4 heteroatoms. The number of hydroxylamine groups is 1. The molecule has 0 spiro atoms. The zero-order chi connectivity index (χ0) is 13.5. The lowest BCUT2D eigenvalue weighted by Gasteiger charge is -2.07. The molecule has 0 saturated heterocycles. The minimum atomic E-state index is -2.42. The third-order valence-corrected chi connectivity index (χ3v) is 2.69. The summed E-state index contributed by atoms with van der Waals surface area (Å²) >= 11 is 0. The second-order valence-electron chi connectivity index (χ2n) is 4.14. The second-order valence-corrected chi connectivity index (χ2v) is 4.14. The van der Waals surface area contributed by atoms with Crippen LogP contribution in [0.4, 0.5) is 8.78 Å². The van der Waals surface area contributed by atoms with Crippen molar-refractivity contribution >= 4 is 0 Å². The highest BCUT2D eigenvalue weighted by Gasteiger charge is 2.05. The molecule has 2 aromatic carbocycles. The Bertz CT molecular complexity index is 485. The molecule has 0 heterocycles. The van der Waals surface area contributed by atoms with Crippen LogP contribution in [-0.4, -0.2) is 0 Å². The van der Waals surface area contributed by atoms with Crippen LogP contribution in [0.1, 0.15) is 23.1 Å². The molecule has 2 aromatic rings. The number of rotatable bonds is 6. The normalized spacial score (nSPS) is 10.9. The molecule has 0 aliphatic rings. The standard InChI is InChI=1S/C15H15F2NO/c16-15(17)14-8-6-12(7-9-14)10-18-19-11-13-4-2-1-3-5-13/h1-9,15,18H,10-11H2. The zero-order valence-electron chi connectivity index (χ0n) is 10.4. The molecular formula is C15H15F2NO. The number of benzene rings is 2. The van der Waals surface area contributed by atoms with Crippen molar-refractivity contribution in [2.45, 2.75) is 19.6 Å². The maximum Gasteiger partial charge on any atom is 0.263 e. The van der Waals surface area contributed by atoms with Gasteiger partial charge in [-0.15, -0.1) is 0 Å². The molecule has 100 valence electrons. The summed E-state index contributed by atoms with van der Waals surface area (Å²) in [7, 11) is 0. The van der Waals surface area contributed by atoms with E-state index >= 15 is 0 Å². The van der Waals surface area contributed by atoms with Crippen LogP contribution in [0.25, 0.3) is 0 Å². The topological polar surface area (TPSA) is 21.3 Å². The van der Waals surface area contributed by atoms with Gasteiger partial charge in [-0.2, -0.15) is 5.48 Å². The highest BCUT2D eigenvalue weighted by Crippen LogP contribution is 2.18. The van der Waals surface area contributed by atoms with Crippen LogP contribution < -0.4 is 5.48 Å². The smallest absolute Gasteiger partial charge is 0.263 e. The average Bonchev–Trinajstić information content (AvgIpc) is 2.45. The van der Waals surface area contributed by atoms with E-state index in [0.717, 1.165) is 11.1 Å². The van der Waals surface area contributed by atoms with Crippen LogP contribution in [0.2, 0.25) is 0 Å². The first kappa shape index (κ1) is 13.6. The number of hydrogen-bond donors (Lipinski definition) is 1. The first-order valence-electron chi connectivity index (χ1n) is 6.01. The fourth-order valence-electron chi connectivity index (χ4n) is 1.62. The van der Waals surface area contributed by atoms with Gasteiger partial charge in [0.1, 0.15) is 0 Å². The number of alkyl halides is 2. The van der Waals surface area contributed by atoms with Crippen molar-refractivity contribution < 1.29 is 13.6 Å². The Hall–Kier alpha value is -1.78. The summed E-state index contributed by atoms with van der Waals surface area (Å²) in [5, 5.41) is 0. The predicted octanol–water partition coefficient (Wildman–Crippen LogP) is 3.85. The van der Waals surface area contributed by atoms with Crippen LogP contribution in [0, 0.1) is 0 Å².